The first kappa shape index (κ1) is 15.0. The van der Waals surface area contributed by atoms with E-state index in [0.29, 0.717) is 11.5 Å². The molecule has 3 rings (SSSR count). The Morgan fingerprint density at radius 3 is 2.68 bits per heavy atom. The van der Waals surface area contributed by atoms with E-state index in [9.17, 15) is 5.11 Å². The zero-order valence-electron chi connectivity index (χ0n) is 11.7. The van der Waals surface area contributed by atoms with Crippen LogP contribution < -0.4 is 5.32 Å². The van der Waals surface area contributed by atoms with Crippen LogP contribution in [-0.2, 0) is 0 Å². The molecule has 0 saturated carbocycles. The van der Waals surface area contributed by atoms with Crippen LogP contribution in [0.5, 0.6) is 0 Å². The Kier molecular flexibility index (Phi) is 4.42. The topological polar surface area (TPSA) is 78.5 Å². The number of anilines is 1. The van der Waals surface area contributed by atoms with Gasteiger partial charge in [0.2, 0.25) is 5.89 Å². The van der Waals surface area contributed by atoms with Gasteiger partial charge in [-0.25, -0.2) is 4.98 Å². The van der Waals surface area contributed by atoms with Gasteiger partial charge in [0.15, 0.2) is 5.58 Å². The number of nitrogens with zero attached hydrogens (tertiary/aromatic N) is 1. The second-order valence-electron chi connectivity index (χ2n) is 4.93. The van der Waals surface area contributed by atoms with Crippen molar-refractivity contribution in [3.63, 3.8) is 0 Å². The van der Waals surface area contributed by atoms with Crippen LogP contribution >= 0.6 is 15.9 Å². The molecule has 1 unspecified atom stereocenters. The fraction of sp³-hybridized carbons (Fsp3) is 0.188. The Morgan fingerprint density at radius 2 is 1.95 bits per heavy atom. The zero-order chi connectivity index (χ0) is 15.5. The lowest BCUT2D eigenvalue weighted by atomic mass is 10.2. The lowest BCUT2D eigenvalue weighted by molar-refractivity contribution is 0.105. The van der Waals surface area contributed by atoms with Gasteiger partial charge in [-0.2, -0.15) is 0 Å². The third kappa shape index (κ3) is 3.30. The van der Waals surface area contributed by atoms with Crippen molar-refractivity contribution in [1.82, 2.24) is 4.98 Å². The molecule has 0 aliphatic carbocycles. The second-order valence-corrected chi connectivity index (χ2v) is 5.84. The highest BCUT2D eigenvalue weighted by atomic mass is 79.9. The Bertz CT molecular complexity index is 771. The molecule has 0 saturated heterocycles. The van der Waals surface area contributed by atoms with Crippen LogP contribution in [0.15, 0.2) is 51.4 Å². The molecule has 0 aliphatic heterocycles. The predicted molar refractivity (Wildman–Crippen MR) is 88.7 cm³/mol. The van der Waals surface area contributed by atoms with Gasteiger partial charge in [0.05, 0.1) is 12.7 Å². The minimum atomic E-state index is -0.786. The molecule has 1 atom stereocenters. The van der Waals surface area contributed by atoms with Gasteiger partial charge in [0, 0.05) is 22.3 Å². The minimum absolute atomic E-state index is 0.271. The van der Waals surface area contributed by atoms with Crippen LogP contribution in [0.4, 0.5) is 5.69 Å². The van der Waals surface area contributed by atoms with Crippen LogP contribution in [0.3, 0.4) is 0 Å². The minimum Gasteiger partial charge on any atom is -0.436 e. The standard InChI is InChI=1S/C16H15BrN2O3/c17-11-3-1-10(2-4-11)16-19-14-7-12(5-6-15(14)22-16)18-8-13(21)9-20/h1-7,13,18,20-21H,8-9H2. The van der Waals surface area contributed by atoms with Gasteiger partial charge in [0.25, 0.3) is 0 Å². The number of rotatable bonds is 5. The summed E-state index contributed by atoms with van der Waals surface area (Å²) in [5.74, 6) is 0.565. The summed E-state index contributed by atoms with van der Waals surface area (Å²) in [4.78, 5) is 4.49. The van der Waals surface area contributed by atoms with Crippen molar-refractivity contribution in [2.75, 3.05) is 18.5 Å². The Morgan fingerprint density at radius 1 is 1.18 bits per heavy atom. The summed E-state index contributed by atoms with van der Waals surface area (Å²) in [6.45, 7) is 0.00630. The maximum absolute atomic E-state index is 9.36. The van der Waals surface area contributed by atoms with Gasteiger partial charge in [-0.1, -0.05) is 15.9 Å². The van der Waals surface area contributed by atoms with E-state index < -0.39 is 6.10 Å². The predicted octanol–water partition coefficient (Wildman–Crippen LogP) is 3.02. The highest BCUT2D eigenvalue weighted by Crippen LogP contribution is 2.27. The molecule has 0 radical (unpaired) electrons. The Labute approximate surface area is 135 Å². The first-order chi connectivity index (χ1) is 10.7. The first-order valence-corrected chi connectivity index (χ1v) is 7.64. The van der Waals surface area contributed by atoms with Gasteiger partial charge in [-0.3, -0.25) is 0 Å². The van der Waals surface area contributed by atoms with Gasteiger partial charge in [0.1, 0.15) is 5.52 Å². The largest absolute Gasteiger partial charge is 0.436 e. The number of hydrogen-bond donors (Lipinski definition) is 3. The lowest BCUT2D eigenvalue weighted by Crippen LogP contribution is -2.22. The van der Waals surface area contributed by atoms with Crippen molar-refractivity contribution < 1.29 is 14.6 Å². The summed E-state index contributed by atoms with van der Waals surface area (Å²) in [5.41, 5.74) is 3.16. The molecule has 1 aromatic heterocycles. The number of aliphatic hydroxyl groups excluding tert-OH is 2. The summed E-state index contributed by atoms with van der Waals surface area (Å²) in [5, 5.41) is 21.2. The molecule has 5 nitrogen and oxygen atoms in total. The number of nitrogens with one attached hydrogen (secondary N) is 1. The first-order valence-electron chi connectivity index (χ1n) is 6.85. The monoisotopic (exact) mass is 362 g/mol. The quantitative estimate of drug-likeness (QED) is 0.650. The van der Waals surface area contributed by atoms with Crippen molar-refractivity contribution in [2.45, 2.75) is 6.10 Å². The molecular weight excluding hydrogens is 348 g/mol. The molecule has 0 amide bonds. The number of oxazole rings is 1. The second kappa shape index (κ2) is 6.48. The molecular formula is C16H15BrN2O3. The average Bonchev–Trinajstić information content (AvgIpc) is 2.96. The summed E-state index contributed by atoms with van der Waals surface area (Å²) in [7, 11) is 0. The average molecular weight is 363 g/mol. The summed E-state index contributed by atoms with van der Waals surface area (Å²) < 4.78 is 6.75. The number of halogens is 1. The van der Waals surface area contributed by atoms with E-state index in [1.807, 2.05) is 42.5 Å². The molecule has 0 spiro atoms. The van der Waals surface area contributed by atoms with Crippen LogP contribution in [-0.4, -0.2) is 34.5 Å². The van der Waals surface area contributed by atoms with Crippen LogP contribution in [0, 0.1) is 0 Å². The van der Waals surface area contributed by atoms with Crippen LogP contribution in [0.25, 0.3) is 22.6 Å². The van der Waals surface area contributed by atoms with E-state index in [1.54, 1.807) is 0 Å². The van der Waals surface area contributed by atoms with Crippen LogP contribution in [0.1, 0.15) is 0 Å². The van der Waals surface area contributed by atoms with Gasteiger partial charge < -0.3 is 19.9 Å². The Balaban J connectivity index is 1.85. The normalized spacial score (nSPS) is 12.5. The van der Waals surface area contributed by atoms with Crippen molar-refractivity contribution in [3.8, 4) is 11.5 Å². The fourth-order valence-electron chi connectivity index (χ4n) is 2.05. The third-order valence-electron chi connectivity index (χ3n) is 3.23. The fourth-order valence-corrected chi connectivity index (χ4v) is 2.32. The Hall–Kier alpha value is -1.89. The molecule has 0 fully saturated rings. The highest BCUT2D eigenvalue weighted by Gasteiger charge is 2.09. The molecule has 0 bridgehead atoms. The molecule has 3 aromatic rings. The van der Waals surface area contributed by atoms with Crippen molar-refractivity contribution in [3.05, 3.63) is 46.9 Å². The van der Waals surface area contributed by atoms with Crippen molar-refractivity contribution >= 4 is 32.7 Å². The molecule has 1 heterocycles. The van der Waals surface area contributed by atoms with Crippen LogP contribution in [0.2, 0.25) is 0 Å². The van der Waals surface area contributed by atoms with E-state index >= 15 is 0 Å². The molecule has 22 heavy (non-hydrogen) atoms. The van der Waals surface area contributed by atoms with E-state index in [0.717, 1.165) is 21.2 Å². The third-order valence-corrected chi connectivity index (χ3v) is 3.76. The van der Waals surface area contributed by atoms with Gasteiger partial charge >= 0.3 is 0 Å². The number of aromatic nitrogens is 1. The highest BCUT2D eigenvalue weighted by molar-refractivity contribution is 9.10. The number of benzene rings is 2. The maximum Gasteiger partial charge on any atom is 0.227 e. The SMILES string of the molecule is OCC(O)CNc1ccc2oc(-c3ccc(Br)cc3)nc2c1. The van der Waals surface area contributed by atoms with Crippen molar-refractivity contribution in [1.29, 1.82) is 0 Å². The van der Waals surface area contributed by atoms with Gasteiger partial charge in [-0.15, -0.1) is 0 Å². The van der Waals surface area contributed by atoms with Crippen molar-refractivity contribution in [2.24, 2.45) is 0 Å². The lowest BCUT2D eigenvalue weighted by Gasteiger charge is -2.09. The number of hydrogen-bond acceptors (Lipinski definition) is 5. The van der Waals surface area contributed by atoms with Gasteiger partial charge in [-0.05, 0) is 42.5 Å². The number of fused-ring (bicyclic) bond motifs is 1. The maximum atomic E-state index is 9.36. The van der Waals surface area contributed by atoms with E-state index in [1.165, 1.54) is 0 Å². The molecule has 3 N–H and O–H groups in total. The molecule has 0 aliphatic rings. The molecule has 2 aromatic carbocycles. The van der Waals surface area contributed by atoms with E-state index in [2.05, 4.69) is 26.2 Å². The van der Waals surface area contributed by atoms with E-state index in [4.69, 9.17) is 9.52 Å². The molecule has 114 valence electrons. The zero-order valence-corrected chi connectivity index (χ0v) is 13.2. The summed E-state index contributed by atoms with van der Waals surface area (Å²) >= 11 is 3.40. The van der Waals surface area contributed by atoms with E-state index in [-0.39, 0.29) is 13.2 Å². The molecule has 6 heteroatoms. The number of aliphatic hydroxyl groups is 2. The summed E-state index contributed by atoms with van der Waals surface area (Å²) in [6.07, 6.45) is -0.786. The smallest absolute Gasteiger partial charge is 0.227 e. The summed E-state index contributed by atoms with van der Waals surface area (Å²) in [6, 6.07) is 13.3.